The summed E-state index contributed by atoms with van der Waals surface area (Å²) in [6.07, 6.45) is 0.279. The molecular formula is C15H14ClFN2OS. The number of rotatable bonds is 5. The largest absolute Gasteiger partial charge is 0.398 e. The second-order valence-electron chi connectivity index (χ2n) is 4.31. The van der Waals surface area contributed by atoms with Gasteiger partial charge in [0, 0.05) is 17.1 Å². The van der Waals surface area contributed by atoms with Crippen LogP contribution in [0.4, 0.5) is 15.8 Å². The van der Waals surface area contributed by atoms with E-state index in [2.05, 4.69) is 5.32 Å². The van der Waals surface area contributed by atoms with Gasteiger partial charge in [-0.3, -0.25) is 4.79 Å². The van der Waals surface area contributed by atoms with E-state index >= 15 is 0 Å². The lowest BCUT2D eigenvalue weighted by molar-refractivity contribution is -0.115. The van der Waals surface area contributed by atoms with Crippen LogP contribution in [-0.2, 0) is 4.79 Å². The molecule has 0 spiro atoms. The van der Waals surface area contributed by atoms with E-state index in [0.717, 1.165) is 4.90 Å². The van der Waals surface area contributed by atoms with Crippen LogP contribution in [0.5, 0.6) is 0 Å². The highest BCUT2D eigenvalue weighted by Gasteiger charge is 2.07. The molecule has 0 saturated carbocycles. The van der Waals surface area contributed by atoms with Crippen LogP contribution in [-0.4, -0.2) is 11.7 Å². The van der Waals surface area contributed by atoms with Gasteiger partial charge in [-0.2, -0.15) is 0 Å². The average molecular weight is 325 g/mol. The maximum atomic E-state index is 13.4. The fourth-order valence-electron chi connectivity index (χ4n) is 1.63. The molecule has 110 valence electrons. The van der Waals surface area contributed by atoms with Crippen molar-refractivity contribution in [2.75, 3.05) is 16.8 Å². The van der Waals surface area contributed by atoms with E-state index in [1.165, 1.54) is 23.9 Å². The van der Waals surface area contributed by atoms with Crippen molar-refractivity contribution >= 4 is 40.6 Å². The summed E-state index contributed by atoms with van der Waals surface area (Å²) in [6, 6.07) is 11.4. The molecule has 3 nitrogen and oxygen atoms in total. The van der Waals surface area contributed by atoms with E-state index in [4.69, 9.17) is 17.3 Å². The molecule has 0 aliphatic carbocycles. The van der Waals surface area contributed by atoms with Gasteiger partial charge in [0.15, 0.2) is 0 Å². The van der Waals surface area contributed by atoms with Gasteiger partial charge in [-0.25, -0.2) is 4.39 Å². The van der Waals surface area contributed by atoms with Crippen molar-refractivity contribution < 1.29 is 9.18 Å². The molecule has 0 heterocycles. The number of para-hydroxylation sites is 1. The quantitative estimate of drug-likeness (QED) is 0.640. The van der Waals surface area contributed by atoms with Crippen molar-refractivity contribution in [1.82, 2.24) is 0 Å². The first kappa shape index (κ1) is 15.7. The number of carbonyl (C=O) groups excluding carboxylic acids is 1. The summed E-state index contributed by atoms with van der Waals surface area (Å²) in [7, 11) is 0. The van der Waals surface area contributed by atoms with Crippen LogP contribution in [0.15, 0.2) is 47.4 Å². The Labute approximate surface area is 131 Å². The lowest BCUT2D eigenvalue weighted by Crippen LogP contribution is -2.13. The molecule has 0 aliphatic heterocycles. The predicted octanol–water partition coefficient (Wildman–Crippen LogP) is 4.18. The number of nitrogens with two attached hydrogens (primary N) is 1. The third-order valence-corrected chi connectivity index (χ3v) is 4.04. The van der Waals surface area contributed by atoms with E-state index < -0.39 is 5.82 Å². The van der Waals surface area contributed by atoms with Crippen molar-refractivity contribution in [3.05, 3.63) is 53.3 Å². The molecule has 1 amide bonds. The van der Waals surface area contributed by atoms with E-state index in [-0.39, 0.29) is 18.0 Å². The summed E-state index contributed by atoms with van der Waals surface area (Å²) in [5.74, 6) is -0.0986. The molecule has 0 bridgehead atoms. The topological polar surface area (TPSA) is 55.1 Å². The Kier molecular flexibility index (Phi) is 5.47. The molecule has 0 saturated heterocycles. The van der Waals surface area contributed by atoms with Crippen molar-refractivity contribution in [3.8, 4) is 0 Å². The number of amides is 1. The molecule has 2 aromatic rings. The zero-order valence-corrected chi connectivity index (χ0v) is 12.7. The minimum atomic E-state index is -0.441. The number of thioether (sulfide) groups is 1. The molecule has 0 radical (unpaired) electrons. The number of halogens is 2. The Hall–Kier alpha value is -1.72. The normalized spacial score (nSPS) is 10.4. The Morgan fingerprint density at radius 3 is 2.76 bits per heavy atom. The van der Waals surface area contributed by atoms with Crippen LogP contribution < -0.4 is 11.1 Å². The Morgan fingerprint density at radius 2 is 2.05 bits per heavy atom. The highest BCUT2D eigenvalue weighted by molar-refractivity contribution is 7.99. The molecule has 2 aromatic carbocycles. The van der Waals surface area contributed by atoms with Crippen LogP contribution in [0.3, 0.4) is 0 Å². The van der Waals surface area contributed by atoms with E-state index in [1.807, 2.05) is 6.07 Å². The van der Waals surface area contributed by atoms with Crippen molar-refractivity contribution in [1.29, 1.82) is 0 Å². The first-order valence-corrected chi connectivity index (χ1v) is 7.65. The van der Waals surface area contributed by atoms with Gasteiger partial charge < -0.3 is 11.1 Å². The van der Waals surface area contributed by atoms with Gasteiger partial charge in [-0.05, 0) is 30.3 Å². The lowest BCUT2D eigenvalue weighted by atomic mass is 10.3. The minimum absolute atomic E-state index is 0.197. The standard InChI is InChI=1S/C15H14ClFN2OS/c16-11-9-10(5-6-13(11)18)21-8-7-15(20)19-14-4-2-1-3-12(14)17/h1-6,9H,7-8,18H2,(H,19,20). The molecule has 0 atom stereocenters. The molecule has 2 rings (SSSR count). The molecule has 3 N–H and O–H groups in total. The number of nitrogens with one attached hydrogen (secondary N) is 1. The number of nitrogen functional groups attached to an aromatic ring is 1. The fraction of sp³-hybridized carbons (Fsp3) is 0.133. The van der Waals surface area contributed by atoms with Crippen LogP contribution in [0.1, 0.15) is 6.42 Å². The maximum Gasteiger partial charge on any atom is 0.225 e. The summed E-state index contributed by atoms with van der Waals surface area (Å²) in [4.78, 5) is 12.7. The zero-order valence-electron chi connectivity index (χ0n) is 11.1. The number of hydrogen-bond acceptors (Lipinski definition) is 3. The monoisotopic (exact) mass is 324 g/mol. The van der Waals surface area contributed by atoms with Crippen LogP contribution in [0.25, 0.3) is 0 Å². The summed E-state index contributed by atoms with van der Waals surface area (Å²) in [5, 5.41) is 3.04. The fourth-order valence-corrected chi connectivity index (χ4v) is 2.77. The third-order valence-electron chi connectivity index (χ3n) is 2.72. The van der Waals surface area contributed by atoms with Gasteiger partial charge in [0.05, 0.1) is 16.4 Å². The Balaban J connectivity index is 1.82. The molecule has 0 unspecified atom stereocenters. The van der Waals surface area contributed by atoms with E-state index in [1.54, 1.807) is 24.3 Å². The number of benzene rings is 2. The summed E-state index contributed by atoms with van der Waals surface area (Å²) < 4.78 is 13.4. The predicted molar refractivity (Wildman–Crippen MR) is 86.2 cm³/mol. The van der Waals surface area contributed by atoms with Gasteiger partial charge in [0.2, 0.25) is 5.91 Å². The second-order valence-corrected chi connectivity index (χ2v) is 5.89. The third kappa shape index (κ3) is 4.65. The summed E-state index contributed by atoms with van der Waals surface area (Å²) >= 11 is 7.41. The van der Waals surface area contributed by atoms with Gasteiger partial charge in [0.25, 0.3) is 0 Å². The van der Waals surface area contributed by atoms with Gasteiger partial charge in [0.1, 0.15) is 5.82 Å². The Bertz CT molecular complexity index is 651. The van der Waals surface area contributed by atoms with Crippen molar-refractivity contribution in [2.24, 2.45) is 0 Å². The Morgan fingerprint density at radius 1 is 1.29 bits per heavy atom. The van der Waals surface area contributed by atoms with E-state index in [0.29, 0.717) is 16.5 Å². The zero-order chi connectivity index (χ0) is 15.2. The highest BCUT2D eigenvalue weighted by atomic mass is 35.5. The van der Waals surface area contributed by atoms with Gasteiger partial charge in [-0.1, -0.05) is 23.7 Å². The highest BCUT2D eigenvalue weighted by Crippen LogP contribution is 2.26. The molecule has 21 heavy (non-hydrogen) atoms. The number of carbonyl (C=O) groups is 1. The van der Waals surface area contributed by atoms with Crippen molar-refractivity contribution in [3.63, 3.8) is 0 Å². The first-order chi connectivity index (χ1) is 10.1. The van der Waals surface area contributed by atoms with Gasteiger partial charge >= 0.3 is 0 Å². The maximum absolute atomic E-state index is 13.4. The molecular weight excluding hydrogens is 311 g/mol. The van der Waals surface area contributed by atoms with Crippen LogP contribution in [0.2, 0.25) is 5.02 Å². The average Bonchev–Trinajstić information content (AvgIpc) is 2.45. The van der Waals surface area contributed by atoms with Crippen LogP contribution in [0, 0.1) is 5.82 Å². The first-order valence-electron chi connectivity index (χ1n) is 6.28. The lowest BCUT2D eigenvalue weighted by Gasteiger charge is -2.06. The SMILES string of the molecule is Nc1ccc(SCCC(=O)Nc2ccccc2F)cc1Cl. The summed E-state index contributed by atoms with van der Waals surface area (Å²) in [5.41, 5.74) is 6.35. The van der Waals surface area contributed by atoms with Crippen LogP contribution >= 0.6 is 23.4 Å². The minimum Gasteiger partial charge on any atom is -0.398 e. The summed E-state index contributed by atoms with van der Waals surface area (Å²) in [6.45, 7) is 0. The second kappa shape index (κ2) is 7.33. The smallest absolute Gasteiger partial charge is 0.225 e. The number of hydrogen-bond donors (Lipinski definition) is 2. The molecule has 0 fully saturated rings. The van der Waals surface area contributed by atoms with Crippen molar-refractivity contribution in [2.45, 2.75) is 11.3 Å². The van der Waals surface area contributed by atoms with Gasteiger partial charge in [-0.15, -0.1) is 11.8 Å². The molecule has 0 aliphatic rings. The van der Waals surface area contributed by atoms with E-state index in [9.17, 15) is 9.18 Å². The molecule has 6 heteroatoms. The number of anilines is 2. The molecule has 0 aromatic heterocycles.